The van der Waals surface area contributed by atoms with Crippen molar-refractivity contribution in [1.29, 1.82) is 0 Å². The van der Waals surface area contributed by atoms with Crippen molar-refractivity contribution in [1.82, 2.24) is 5.32 Å². The van der Waals surface area contributed by atoms with Gasteiger partial charge in [0.15, 0.2) is 10.9 Å². The molecule has 0 spiro atoms. The molecule has 0 unspecified atom stereocenters. The van der Waals surface area contributed by atoms with Gasteiger partial charge in [-0.3, -0.25) is 10.1 Å². The van der Waals surface area contributed by atoms with Gasteiger partial charge >= 0.3 is 0 Å². The molecule has 2 rings (SSSR count). The zero-order valence-electron chi connectivity index (χ0n) is 15.7. The monoisotopic (exact) mass is 406 g/mol. The summed E-state index contributed by atoms with van der Waals surface area (Å²) < 4.78 is 5.35. The Morgan fingerprint density at radius 3 is 2.41 bits per heavy atom. The van der Waals surface area contributed by atoms with Crippen molar-refractivity contribution in [3.05, 3.63) is 52.5 Å². The van der Waals surface area contributed by atoms with E-state index in [-0.39, 0.29) is 27.2 Å². The maximum atomic E-state index is 12.3. The minimum absolute atomic E-state index is 0.0614. The molecule has 2 aromatic carbocycles. The van der Waals surface area contributed by atoms with Crippen LogP contribution in [0.5, 0.6) is 11.5 Å². The fraction of sp³-hybridized carbons (Fsp3) is 0.300. The average Bonchev–Trinajstić information content (AvgIpc) is 2.58. The SMILES string of the molecule is CCOc1ccc(C(=O)NC(=S)Nc2cc(C(C)(C)C)cc(Cl)c2O)cc1. The first-order valence-corrected chi connectivity index (χ1v) is 9.28. The lowest BCUT2D eigenvalue weighted by Crippen LogP contribution is -2.34. The number of carbonyl (C=O) groups excluding carboxylic acids is 1. The van der Waals surface area contributed by atoms with E-state index in [0.717, 1.165) is 5.56 Å². The quantitative estimate of drug-likeness (QED) is 0.499. The van der Waals surface area contributed by atoms with Crippen molar-refractivity contribution in [3.63, 3.8) is 0 Å². The van der Waals surface area contributed by atoms with E-state index in [1.165, 1.54) is 0 Å². The number of hydrogen-bond acceptors (Lipinski definition) is 4. The molecule has 0 saturated heterocycles. The van der Waals surface area contributed by atoms with Gasteiger partial charge in [0, 0.05) is 5.56 Å². The standard InChI is InChI=1S/C20H23ClN2O3S/c1-5-26-14-8-6-12(7-9-14)18(25)23-19(27)22-16-11-13(20(2,3)4)10-15(21)17(16)24/h6-11,24H,5H2,1-4H3,(H2,22,23,25,27). The number of phenols is 1. The molecule has 7 heteroatoms. The predicted octanol–water partition coefficient (Wildman–Crippen LogP) is 4.87. The number of carbonyl (C=O) groups is 1. The van der Waals surface area contributed by atoms with Crippen LogP contribution in [0.25, 0.3) is 0 Å². The fourth-order valence-corrected chi connectivity index (χ4v) is 2.75. The maximum absolute atomic E-state index is 12.3. The second-order valence-corrected chi connectivity index (χ2v) is 7.79. The molecule has 5 nitrogen and oxygen atoms in total. The Hall–Kier alpha value is -2.31. The summed E-state index contributed by atoms with van der Waals surface area (Å²) in [6, 6.07) is 10.2. The van der Waals surface area contributed by atoms with Crippen LogP contribution >= 0.6 is 23.8 Å². The second-order valence-electron chi connectivity index (χ2n) is 6.97. The molecule has 1 amide bonds. The third-order valence-corrected chi connectivity index (χ3v) is 4.32. The first-order valence-electron chi connectivity index (χ1n) is 8.50. The zero-order chi connectivity index (χ0) is 20.2. The minimum atomic E-state index is -0.367. The zero-order valence-corrected chi connectivity index (χ0v) is 17.3. The number of halogens is 1. The Morgan fingerprint density at radius 1 is 1.22 bits per heavy atom. The van der Waals surface area contributed by atoms with Crippen molar-refractivity contribution in [2.75, 3.05) is 11.9 Å². The van der Waals surface area contributed by atoms with Gasteiger partial charge in [-0.2, -0.15) is 0 Å². The van der Waals surface area contributed by atoms with E-state index in [2.05, 4.69) is 10.6 Å². The van der Waals surface area contributed by atoms with Gasteiger partial charge in [0.1, 0.15) is 5.75 Å². The van der Waals surface area contributed by atoms with Crippen LogP contribution in [0.2, 0.25) is 5.02 Å². The molecule has 0 saturated carbocycles. The molecule has 0 aliphatic rings. The highest BCUT2D eigenvalue weighted by Crippen LogP contribution is 2.37. The summed E-state index contributed by atoms with van der Waals surface area (Å²) in [7, 11) is 0. The number of hydrogen-bond donors (Lipinski definition) is 3. The minimum Gasteiger partial charge on any atom is -0.504 e. The third kappa shape index (κ3) is 5.58. The molecule has 0 aliphatic heterocycles. The summed E-state index contributed by atoms with van der Waals surface area (Å²) in [5, 5.41) is 15.9. The van der Waals surface area contributed by atoms with E-state index in [9.17, 15) is 9.90 Å². The number of anilines is 1. The van der Waals surface area contributed by atoms with Crippen LogP contribution in [0.3, 0.4) is 0 Å². The van der Waals surface area contributed by atoms with E-state index in [1.807, 2.05) is 27.7 Å². The number of aromatic hydroxyl groups is 1. The van der Waals surface area contributed by atoms with Crippen molar-refractivity contribution in [3.8, 4) is 11.5 Å². The van der Waals surface area contributed by atoms with Crippen LogP contribution in [-0.2, 0) is 5.41 Å². The molecule has 27 heavy (non-hydrogen) atoms. The highest BCUT2D eigenvalue weighted by atomic mass is 35.5. The lowest BCUT2D eigenvalue weighted by Gasteiger charge is -2.21. The van der Waals surface area contributed by atoms with Gasteiger partial charge in [0.2, 0.25) is 0 Å². The molecular weight excluding hydrogens is 384 g/mol. The number of benzene rings is 2. The van der Waals surface area contributed by atoms with Gasteiger partial charge in [-0.1, -0.05) is 32.4 Å². The van der Waals surface area contributed by atoms with E-state index in [1.54, 1.807) is 36.4 Å². The van der Waals surface area contributed by atoms with Gasteiger partial charge in [-0.25, -0.2) is 0 Å². The van der Waals surface area contributed by atoms with Crippen LogP contribution in [0.1, 0.15) is 43.6 Å². The molecule has 3 N–H and O–H groups in total. The van der Waals surface area contributed by atoms with Gasteiger partial charge in [0.05, 0.1) is 17.3 Å². The van der Waals surface area contributed by atoms with Crippen LogP contribution < -0.4 is 15.4 Å². The topological polar surface area (TPSA) is 70.6 Å². The van der Waals surface area contributed by atoms with E-state index < -0.39 is 0 Å². The summed E-state index contributed by atoms with van der Waals surface area (Å²) in [5.41, 5.74) is 1.53. The molecule has 0 radical (unpaired) electrons. The second kappa shape index (κ2) is 8.59. The smallest absolute Gasteiger partial charge is 0.257 e. The summed E-state index contributed by atoms with van der Waals surface area (Å²) in [6.07, 6.45) is 0. The number of amides is 1. The summed E-state index contributed by atoms with van der Waals surface area (Å²) in [6.45, 7) is 8.54. The summed E-state index contributed by atoms with van der Waals surface area (Å²) in [5.74, 6) is 0.198. The summed E-state index contributed by atoms with van der Waals surface area (Å²) in [4.78, 5) is 12.3. The first-order chi connectivity index (χ1) is 12.6. The highest BCUT2D eigenvalue weighted by molar-refractivity contribution is 7.80. The number of ether oxygens (including phenoxy) is 1. The molecule has 0 aromatic heterocycles. The van der Waals surface area contributed by atoms with Crippen molar-refractivity contribution < 1.29 is 14.6 Å². The van der Waals surface area contributed by atoms with Gasteiger partial charge < -0.3 is 15.2 Å². The molecular formula is C20H23ClN2O3S. The Kier molecular flexibility index (Phi) is 6.68. The predicted molar refractivity (Wildman–Crippen MR) is 113 cm³/mol. The van der Waals surface area contributed by atoms with Crippen LogP contribution in [-0.4, -0.2) is 22.7 Å². The van der Waals surface area contributed by atoms with Gasteiger partial charge in [0.25, 0.3) is 5.91 Å². The molecule has 0 bridgehead atoms. The molecule has 0 heterocycles. The third-order valence-electron chi connectivity index (χ3n) is 3.83. The van der Waals surface area contributed by atoms with Crippen LogP contribution in [0.15, 0.2) is 36.4 Å². The van der Waals surface area contributed by atoms with Crippen molar-refractivity contribution in [2.45, 2.75) is 33.1 Å². The van der Waals surface area contributed by atoms with Gasteiger partial charge in [-0.05, 0) is 66.5 Å². The normalized spacial score (nSPS) is 11.0. The fourth-order valence-electron chi connectivity index (χ4n) is 2.33. The van der Waals surface area contributed by atoms with Gasteiger partial charge in [-0.15, -0.1) is 0 Å². The Balaban J connectivity index is 2.11. The Morgan fingerprint density at radius 2 is 1.85 bits per heavy atom. The van der Waals surface area contributed by atoms with Crippen molar-refractivity contribution in [2.24, 2.45) is 0 Å². The Labute approximate surface area is 169 Å². The molecule has 144 valence electrons. The van der Waals surface area contributed by atoms with Crippen molar-refractivity contribution >= 4 is 40.5 Å². The largest absolute Gasteiger partial charge is 0.504 e. The molecule has 2 aromatic rings. The average molecular weight is 407 g/mol. The van der Waals surface area contributed by atoms with E-state index >= 15 is 0 Å². The molecule has 0 aliphatic carbocycles. The number of rotatable bonds is 4. The number of thiocarbonyl (C=S) groups is 1. The lowest BCUT2D eigenvalue weighted by atomic mass is 9.87. The van der Waals surface area contributed by atoms with Crippen LogP contribution in [0, 0.1) is 0 Å². The maximum Gasteiger partial charge on any atom is 0.257 e. The summed E-state index contributed by atoms with van der Waals surface area (Å²) >= 11 is 11.3. The number of phenolic OH excluding ortho intramolecular Hbond substituents is 1. The molecule has 0 atom stereocenters. The molecule has 0 fully saturated rings. The number of nitrogens with one attached hydrogen (secondary N) is 2. The Bertz CT molecular complexity index is 846. The van der Waals surface area contributed by atoms with Crippen LogP contribution in [0.4, 0.5) is 5.69 Å². The first kappa shape index (κ1) is 21.0. The lowest BCUT2D eigenvalue weighted by molar-refractivity contribution is 0.0977. The van der Waals surface area contributed by atoms with E-state index in [4.69, 9.17) is 28.6 Å². The van der Waals surface area contributed by atoms with E-state index in [0.29, 0.717) is 23.6 Å². The highest BCUT2D eigenvalue weighted by Gasteiger charge is 2.19.